The van der Waals surface area contributed by atoms with Gasteiger partial charge in [-0.25, -0.2) is 5.43 Å². The number of amides is 1. The molecule has 0 radical (unpaired) electrons. The molecule has 0 heterocycles. The third-order valence-corrected chi connectivity index (χ3v) is 5.57. The molecular weight excluding hydrogens is 488 g/mol. The third kappa shape index (κ3) is 8.40. The van der Waals surface area contributed by atoms with Gasteiger partial charge < -0.3 is 14.2 Å². The van der Waals surface area contributed by atoms with Gasteiger partial charge in [0.15, 0.2) is 6.10 Å². The Hall–Kier alpha value is -4.29. The SMILES string of the molecule is CC(Oc1ccc(OCc2ccccc2)cc1)C(=O)N/N=C/c1cccc(OCc2ccc(Cl)cc2)c1. The molecule has 0 aliphatic rings. The summed E-state index contributed by atoms with van der Waals surface area (Å²) in [5.41, 5.74) is 5.40. The van der Waals surface area contributed by atoms with Gasteiger partial charge >= 0.3 is 0 Å². The molecule has 188 valence electrons. The number of halogens is 1. The van der Waals surface area contributed by atoms with E-state index < -0.39 is 6.10 Å². The van der Waals surface area contributed by atoms with E-state index in [1.54, 1.807) is 25.3 Å². The predicted molar refractivity (Wildman–Crippen MR) is 145 cm³/mol. The maximum Gasteiger partial charge on any atom is 0.280 e. The van der Waals surface area contributed by atoms with Gasteiger partial charge in [-0.05, 0) is 72.1 Å². The van der Waals surface area contributed by atoms with Crippen LogP contribution in [-0.4, -0.2) is 18.2 Å². The summed E-state index contributed by atoms with van der Waals surface area (Å²) in [5.74, 6) is 1.61. The van der Waals surface area contributed by atoms with Crippen molar-refractivity contribution in [3.8, 4) is 17.2 Å². The van der Waals surface area contributed by atoms with E-state index in [-0.39, 0.29) is 5.91 Å². The number of ether oxygens (including phenoxy) is 3. The summed E-state index contributed by atoms with van der Waals surface area (Å²) >= 11 is 5.92. The van der Waals surface area contributed by atoms with Crippen LogP contribution in [-0.2, 0) is 18.0 Å². The molecule has 0 bridgehead atoms. The molecule has 0 spiro atoms. The van der Waals surface area contributed by atoms with Crippen LogP contribution in [0.1, 0.15) is 23.6 Å². The summed E-state index contributed by atoms with van der Waals surface area (Å²) < 4.78 is 17.3. The van der Waals surface area contributed by atoms with Crippen molar-refractivity contribution in [1.82, 2.24) is 5.43 Å². The Morgan fingerprint density at radius 2 is 1.46 bits per heavy atom. The van der Waals surface area contributed by atoms with Gasteiger partial charge in [0.25, 0.3) is 5.91 Å². The Kier molecular flexibility index (Phi) is 9.16. The molecule has 6 nitrogen and oxygen atoms in total. The summed E-state index contributed by atoms with van der Waals surface area (Å²) in [6, 6.07) is 32.0. The third-order valence-electron chi connectivity index (χ3n) is 5.32. The zero-order chi connectivity index (χ0) is 25.9. The normalized spacial score (nSPS) is 11.6. The molecule has 1 N–H and O–H groups in total. The van der Waals surface area contributed by atoms with E-state index in [1.807, 2.05) is 91.0 Å². The zero-order valence-electron chi connectivity index (χ0n) is 20.3. The van der Waals surface area contributed by atoms with Gasteiger partial charge in [-0.2, -0.15) is 5.10 Å². The molecule has 0 aliphatic heterocycles. The molecule has 0 fully saturated rings. The van der Waals surface area contributed by atoms with E-state index in [4.69, 9.17) is 25.8 Å². The molecule has 0 aliphatic carbocycles. The summed E-state index contributed by atoms with van der Waals surface area (Å²) in [6.07, 6.45) is 0.820. The van der Waals surface area contributed by atoms with Gasteiger partial charge in [0.1, 0.15) is 30.5 Å². The lowest BCUT2D eigenvalue weighted by Crippen LogP contribution is -2.33. The van der Waals surface area contributed by atoms with Crippen LogP contribution in [0, 0.1) is 0 Å². The molecule has 4 aromatic rings. The van der Waals surface area contributed by atoms with Crippen LogP contribution in [0.3, 0.4) is 0 Å². The van der Waals surface area contributed by atoms with Gasteiger partial charge in [-0.1, -0.05) is 66.2 Å². The first-order valence-electron chi connectivity index (χ1n) is 11.8. The second kappa shape index (κ2) is 13.1. The lowest BCUT2D eigenvalue weighted by atomic mass is 10.2. The van der Waals surface area contributed by atoms with E-state index >= 15 is 0 Å². The fourth-order valence-corrected chi connectivity index (χ4v) is 3.43. The summed E-state index contributed by atoms with van der Waals surface area (Å²) in [5, 5.41) is 4.73. The molecule has 7 heteroatoms. The number of hydrogen-bond acceptors (Lipinski definition) is 5. The van der Waals surface area contributed by atoms with Crippen molar-refractivity contribution in [3.05, 3.63) is 125 Å². The van der Waals surface area contributed by atoms with Crippen LogP contribution in [0.5, 0.6) is 17.2 Å². The number of hydrazone groups is 1. The highest BCUT2D eigenvalue weighted by molar-refractivity contribution is 6.30. The first kappa shape index (κ1) is 25.8. The van der Waals surface area contributed by atoms with Gasteiger partial charge in [0.05, 0.1) is 6.21 Å². The summed E-state index contributed by atoms with van der Waals surface area (Å²) in [4.78, 5) is 12.4. The van der Waals surface area contributed by atoms with Crippen molar-refractivity contribution in [2.24, 2.45) is 5.10 Å². The lowest BCUT2D eigenvalue weighted by molar-refractivity contribution is -0.127. The van der Waals surface area contributed by atoms with Crippen molar-refractivity contribution in [3.63, 3.8) is 0 Å². The zero-order valence-corrected chi connectivity index (χ0v) is 21.1. The quantitative estimate of drug-likeness (QED) is 0.185. The Balaban J connectivity index is 1.22. The average molecular weight is 515 g/mol. The van der Waals surface area contributed by atoms with E-state index in [1.165, 1.54) is 0 Å². The minimum atomic E-state index is -0.734. The first-order valence-corrected chi connectivity index (χ1v) is 12.2. The number of nitrogens with one attached hydrogen (secondary N) is 1. The van der Waals surface area contributed by atoms with Crippen molar-refractivity contribution in [2.45, 2.75) is 26.2 Å². The van der Waals surface area contributed by atoms with Gasteiger partial charge in [0.2, 0.25) is 0 Å². The van der Waals surface area contributed by atoms with E-state index in [0.29, 0.717) is 29.7 Å². The molecule has 0 saturated heterocycles. The first-order chi connectivity index (χ1) is 18.0. The molecular formula is C30H27ClN2O4. The lowest BCUT2D eigenvalue weighted by Gasteiger charge is -2.13. The van der Waals surface area contributed by atoms with Gasteiger partial charge in [-0.15, -0.1) is 0 Å². The van der Waals surface area contributed by atoms with Crippen LogP contribution in [0.15, 0.2) is 108 Å². The number of hydrogen-bond donors (Lipinski definition) is 1. The standard InChI is InChI=1S/C30H27ClN2O4/c1-22(37-28-16-14-27(15-17-28)35-20-23-6-3-2-4-7-23)30(34)33-32-19-25-8-5-9-29(18-25)36-21-24-10-12-26(31)13-11-24/h2-19,22H,20-21H2,1H3,(H,33,34)/b32-19+. The topological polar surface area (TPSA) is 69.2 Å². The Labute approximate surface area is 221 Å². The van der Waals surface area contributed by atoms with E-state index in [2.05, 4.69) is 10.5 Å². The number of carbonyl (C=O) groups is 1. The molecule has 37 heavy (non-hydrogen) atoms. The highest BCUT2D eigenvalue weighted by Crippen LogP contribution is 2.20. The second-order valence-electron chi connectivity index (χ2n) is 8.23. The fourth-order valence-electron chi connectivity index (χ4n) is 3.31. The highest BCUT2D eigenvalue weighted by Gasteiger charge is 2.14. The molecule has 4 aromatic carbocycles. The van der Waals surface area contributed by atoms with Gasteiger partial charge in [-0.3, -0.25) is 4.79 Å². The van der Waals surface area contributed by atoms with Crippen LogP contribution in [0.2, 0.25) is 5.02 Å². The smallest absolute Gasteiger partial charge is 0.280 e. The average Bonchev–Trinajstić information content (AvgIpc) is 2.93. The van der Waals surface area contributed by atoms with Crippen molar-refractivity contribution in [1.29, 1.82) is 0 Å². The van der Waals surface area contributed by atoms with Crippen LogP contribution in [0.4, 0.5) is 0 Å². The van der Waals surface area contributed by atoms with Crippen LogP contribution >= 0.6 is 11.6 Å². The molecule has 0 saturated carbocycles. The minimum absolute atomic E-state index is 0.365. The Bertz CT molecular complexity index is 1310. The highest BCUT2D eigenvalue weighted by atomic mass is 35.5. The van der Waals surface area contributed by atoms with E-state index in [0.717, 1.165) is 22.4 Å². The summed E-state index contributed by atoms with van der Waals surface area (Å²) in [7, 11) is 0. The maximum absolute atomic E-state index is 12.4. The number of benzene rings is 4. The Morgan fingerprint density at radius 1 is 0.811 bits per heavy atom. The van der Waals surface area contributed by atoms with Crippen molar-refractivity contribution < 1.29 is 19.0 Å². The molecule has 1 atom stereocenters. The number of carbonyl (C=O) groups excluding carboxylic acids is 1. The largest absolute Gasteiger partial charge is 0.489 e. The minimum Gasteiger partial charge on any atom is -0.489 e. The number of rotatable bonds is 11. The van der Waals surface area contributed by atoms with E-state index in [9.17, 15) is 4.79 Å². The molecule has 1 unspecified atom stereocenters. The van der Waals surface area contributed by atoms with Gasteiger partial charge in [0, 0.05) is 5.02 Å². The van der Waals surface area contributed by atoms with Crippen molar-refractivity contribution >= 4 is 23.7 Å². The molecule has 0 aromatic heterocycles. The van der Waals surface area contributed by atoms with Crippen LogP contribution in [0.25, 0.3) is 0 Å². The molecule has 1 amide bonds. The second-order valence-corrected chi connectivity index (χ2v) is 8.66. The number of nitrogens with zero attached hydrogens (tertiary/aromatic N) is 1. The predicted octanol–water partition coefficient (Wildman–Crippen LogP) is 6.42. The monoisotopic (exact) mass is 514 g/mol. The summed E-state index contributed by atoms with van der Waals surface area (Å²) in [6.45, 7) is 2.56. The van der Waals surface area contributed by atoms with Crippen molar-refractivity contribution in [2.75, 3.05) is 0 Å². The molecule has 4 rings (SSSR count). The Morgan fingerprint density at radius 3 is 2.19 bits per heavy atom. The van der Waals surface area contributed by atoms with Crippen LogP contribution < -0.4 is 19.6 Å². The fraction of sp³-hybridized carbons (Fsp3) is 0.133. The maximum atomic E-state index is 12.4.